The molecule has 4 heteroatoms. The summed E-state index contributed by atoms with van der Waals surface area (Å²) in [7, 11) is 0. The van der Waals surface area contributed by atoms with Crippen LogP contribution in [0.1, 0.15) is 84.2 Å². The number of hydrogen-bond donors (Lipinski definition) is 2. The number of carbonyl (C=O) groups excluding carboxylic acids is 2. The first kappa shape index (κ1) is 19.7. The molecule has 0 aliphatic rings. The van der Waals surface area contributed by atoms with Gasteiger partial charge in [-0.05, 0) is 73.9 Å². The minimum absolute atomic E-state index is 0.00178. The van der Waals surface area contributed by atoms with Crippen LogP contribution in [-0.4, -0.2) is 21.8 Å². The maximum Gasteiger partial charge on any atom is 0.163 e. The van der Waals surface area contributed by atoms with E-state index >= 15 is 0 Å². The van der Waals surface area contributed by atoms with Crippen molar-refractivity contribution >= 4 is 11.6 Å². The van der Waals surface area contributed by atoms with E-state index in [4.69, 9.17) is 0 Å². The Morgan fingerprint density at radius 2 is 1.12 bits per heavy atom. The fourth-order valence-corrected chi connectivity index (χ4v) is 3.66. The van der Waals surface area contributed by atoms with Crippen LogP contribution in [0.3, 0.4) is 0 Å². The van der Waals surface area contributed by atoms with Crippen molar-refractivity contribution in [1.29, 1.82) is 0 Å². The molecule has 4 nitrogen and oxygen atoms in total. The van der Waals surface area contributed by atoms with Crippen LogP contribution in [0.2, 0.25) is 0 Å². The molecular formula is C22H26O4. The summed E-state index contributed by atoms with van der Waals surface area (Å²) in [6, 6.07) is 10.4. The van der Waals surface area contributed by atoms with Crippen LogP contribution in [-0.2, 0) is 0 Å². The van der Waals surface area contributed by atoms with E-state index < -0.39 is 0 Å². The lowest BCUT2D eigenvalue weighted by Crippen LogP contribution is -2.11. The Hall–Kier alpha value is -2.62. The quantitative estimate of drug-likeness (QED) is 0.671. The molecule has 0 aliphatic carbocycles. The Morgan fingerprint density at radius 1 is 0.769 bits per heavy atom. The van der Waals surface area contributed by atoms with Gasteiger partial charge in [0.25, 0.3) is 0 Å². The summed E-state index contributed by atoms with van der Waals surface area (Å²) < 4.78 is 0. The third-order valence-electron chi connectivity index (χ3n) is 5.02. The van der Waals surface area contributed by atoms with Crippen molar-refractivity contribution in [3.05, 3.63) is 58.7 Å². The summed E-state index contributed by atoms with van der Waals surface area (Å²) in [4.78, 5) is 23.1. The second kappa shape index (κ2) is 8.17. The summed E-state index contributed by atoms with van der Waals surface area (Å²) in [5.74, 6) is -0.0992. The van der Waals surface area contributed by atoms with Gasteiger partial charge in [0.05, 0.1) is 11.1 Å². The molecule has 0 bridgehead atoms. The van der Waals surface area contributed by atoms with Crippen LogP contribution in [0.5, 0.6) is 11.5 Å². The standard InChI is InChI=1S/C22H26O4/c1-5-17(15-7-9-19(13(3)23)21(25)11-15)18(6-2)16-8-10-20(14(4)24)22(26)12-16/h7-12,17-18,25-26H,5-6H2,1-4H3. The molecule has 0 saturated carbocycles. The molecule has 0 saturated heterocycles. The van der Waals surface area contributed by atoms with Crippen molar-refractivity contribution in [3.8, 4) is 11.5 Å². The molecule has 2 atom stereocenters. The molecule has 0 spiro atoms. The number of phenolic OH excluding ortho intramolecular Hbond substituents is 2. The summed E-state index contributed by atoms with van der Waals surface area (Å²) in [6.45, 7) is 7.01. The Morgan fingerprint density at radius 3 is 1.35 bits per heavy atom. The van der Waals surface area contributed by atoms with Crippen LogP contribution in [0.25, 0.3) is 0 Å². The first-order chi connectivity index (χ1) is 12.3. The highest BCUT2D eigenvalue weighted by Crippen LogP contribution is 2.40. The molecule has 0 radical (unpaired) electrons. The van der Waals surface area contributed by atoms with Gasteiger partial charge in [-0.3, -0.25) is 9.59 Å². The number of rotatable bonds is 7. The van der Waals surface area contributed by atoms with E-state index in [-0.39, 0.29) is 34.9 Å². The van der Waals surface area contributed by atoms with Crippen molar-refractivity contribution in [1.82, 2.24) is 0 Å². The van der Waals surface area contributed by atoms with Gasteiger partial charge in [0.2, 0.25) is 0 Å². The zero-order valence-corrected chi connectivity index (χ0v) is 15.7. The van der Waals surface area contributed by atoms with E-state index in [0.29, 0.717) is 11.1 Å². The lowest BCUT2D eigenvalue weighted by molar-refractivity contribution is 0.100. The largest absolute Gasteiger partial charge is 0.507 e. The average molecular weight is 354 g/mol. The lowest BCUT2D eigenvalue weighted by atomic mass is 9.77. The van der Waals surface area contributed by atoms with Crippen molar-refractivity contribution in [3.63, 3.8) is 0 Å². The molecule has 2 aromatic carbocycles. The summed E-state index contributed by atoms with van der Waals surface area (Å²) in [5, 5.41) is 20.3. The predicted molar refractivity (Wildman–Crippen MR) is 102 cm³/mol. The van der Waals surface area contributed by atoms with E-state index in [2.05, 4.69) is 13.8 Å². The topological polar surface area (TPSA) is 74.6 Å². The molecule has 2 rings (SSSR count). The number of ketones is 2. The van der Waals surface area contributed by atoms with Gasteiger partial charge in [0.15, 0.2) is 11.6 Å². The van der Waals surface area contributed by atoms with E-state index in [1.165, 1.54) is 13.8 Å². The highest BCUT2D eigenvalue weighted by molar-refractivity contribution is 5.97. The summed E-state index contributed by atoms with van der Waals surface area (Å²) >= 11 is 0. The molecule has 0 heterocycles. The smallest absolute Gasteiger partial charge is 0.163 e. The Balaban J connectivity index is 2.43. The van der Waals surface area contributed by atoms with Gasteiger partial charge in [-0.1, -0.05) is 26.0 Å². The maximum atomic E-state index is 11.5. The summed E-state index contributed by atoms with van der Waals surface area (Å²) in [6.07, 6.45) is 1.68. The molecule has 26 heavy (non-hydrogen) atoms. The Kier molecular flexibility index (Phi) is 6.19. The van der Waals surface area contributed by atoms with Crippen molar-refractivity contribution in [2.45, 2.75) is 52.4 Å². The molecular weight excluding hydrogens is 328 g/mol. The third-order valence-corrected chi connectivity index (χ3v) is 5.02. The maximum absolute atomic E-state index is 11.5. The van der Waals surface area contributed by atoms with Gasteiger partial charge in [-0.15, -0.1) is 0 Å². The zero-order chi connectivity index (χ0) is 19.4. The SMILES string of the molecule is CCC(c1ccc(C(C)=O)c(O)c1)C(CC)c1ccc(C(C)=O)c(O)c1. The minimum Gasteiger partial charge on any atom is -0.507 e. The highest BCUT2D eigenvalue weighted by Gasteiger charge is 2.24. The average Bonchev–Trinajstić information content (AvgIpc) is 2.58. The number of hydrogen-bond acceptors (Lipinski definition) is 4. The summed E-state index contributed by atoms with van der Waals surface area (Å²) in [5.41, 5.74) is 2.55. The molecule has 138 valence electrons. The highest BCUT2D eigenvalue weighted by atomic mass is 16.3. The fraction of sp³-hybridized carbons (Fsp3) is 0.364. The zero-order valence-electron chi connectivity index (χ0n) is 15.7. The van der Waals surface area contributed by atoms with E-state index in [1.807, 2.05) is 12.1 Å². The van der Waals surface area contributed by atoms with Gasteiger partial charge >= 0.3 is 0 Å². The van der Waals surface area contributed by atoms with Crippen LogP contribution in [0.4, 0.5) is 0 Å². The minimum atomic E-state index is -0.168. The van der Waals surface area contributed by atoms with Crippen LogP contribution < -0.4 is 0 Å². The molecule has 2 aromatic rings. The second-order valence-corrected chi connectivity index (χ2v) is 6.70. The normalized spacial score (nSPS) is 13.2. The van der Waals surface area contributed by atoms with Crippen molar-refractivity contribution in [2.24, 2.45) is 0 Å². The van der Waals surface area contributed by atoms with Crippen molar-refractivity contribution in [2.75, 3.05) is 0 Å². The molecule has 0 aromatic heterocycles. The Labute approximate surface area is 154 Å². The monoisotopic (exact) mass is 354 g/mol. The van der Waals surface area contributed by atoms with Gasteiger partial charge in [0.1, 0.15) is 11.5 Å². The molecule has 0 amide bonds. The number of Topliss-reactive ketones (excluding diaryl/α,β-unsaturated/α-hetero) is 2. The Bertz CT molecular complexity index is 753. The van der Waals surface area contributed by atoms with Crippen LogP contribution >= 0.6 is 0 Å². The van der Waals surface area contributed by atoms with Gasteiger partial charge < -0.3 is 10.2 Å². The predicted octanol–water partition coefficient (Wildman–Crippen LogP) is 5.19. The van der Waals surface area contributed by atoms with E-state index in [9.17, 15) is 19.8 Å². The van der Waals surface area contributed by atoms with Gasteiger partial charge in [-0.25, -0.2) is 0 Å². The van der Waals surface area contributed by atoms with Gasteiger partial charge in [-0.2, -0.15) is 0 Å². The molecule has 0 fully saturated rings. The van der Waals surface area contributed by atoms with E-state index in [0.717, 1.165) is 24.0 Å². The lowest BCUT2D eigenvalue weighted by Gasteiger charge is -2.27. The van der Waals surface area contributed by atoms with Crippen LogP contribution in [0, 0.1) is 0 Å². The van der Waals surface area contributed by atoms with E-state index in [1.54, 1.807) is 24.3 Å². The number of phenols is 2. The molecule has 2 N–H and O–H groups in total. The number of aromatic hydroxyl groups is 2. The third kappa shape index (κ3) is 3.96. The first-order valence-electron chi connectivity index (χ1n) is 8.97. The molecule has 2 unspecified atom stereocenters. The fourth-order valence-electron chi connectivity index (χ4n) is 3.66. The number of carbonyl (C=O) groups is 2. The number of benzene rings is 2. The van der Waals surface area contributed by atoms with Crippen LogP contribution in [0.15, 0.2) is 36.4 Å². The van der Waals surface area contributed by atoms with Gasteiger partial charge in [0, 0.05) is 0 Å². The first-order valence-corrected chi connectivity index (χ1v) is 8.97. The molecule has 0 aliphatic heterocycles. The second-order valence-electron chi connectivity index (χ2n) is 6.70. The van der Waals surface area contributed by atoms with Crippen molar-refractivity contribution < 1.29 is 19.8 Å².